The molecule has 4 nitrogen and oxygen atoms in total. The largest absolute Gasteiger partial charge is 0.508 e. The lowest BCUT2D eigenvalue weighted by Gasteiger charge is -2.25. The molecule has 1 aliphatic rings. The topological polar surface area (TPSA) is 52.6 Å². The molecule has 0 heterocycles. The maximum Gasteiger partial charge on any atom is 0.508 e. The van der Waals surface area contributed by atoms with Gasteiger partial charge in [-0.2, -0.15) is 0 Å². The molecule has 2 unspecified atom stereocenters. The van der Waals surface area contributed by atoms with Gasteiger partial charge in [0.25, 0.3) is 0 Å². The summed E-state index contributed by atoms with van der Waals surface area (Å²) in [7, 11) is 0. The molecule has 0 aromatic rings. The third-order valence-electron chi connectivity index (χ3n) is 3.43. The van der Waals surface area contributed by atoms with Gasteiger partial charge >= 0.3 is 6.16 Å². The Kier molecular flexibility index (Phi) is 6.24. The summed E-state index contributed by atoms with van der Waals surface area (Å²) in [6.45, 7) is 7.95. The summed E-state index contributed by atoms with van der Waals surface area (Å²) in [5.41, 5.74) is -0.293. The molecule has 20 heavy (non-hydrogen) atoms. The Labute approximate surface area is 121 Å². The van der Waals surface area contributed by atoms with E-state index in [-0.39, 0.29) is 17.4 Å². The van der Waals surface area contributed by atoms with E-state index in [1.165, 1.54) is 0 Å². The lowest BCUT2D eigenvalue weighted by Crippen LogP contribution is -2.29. The minimum Gasteiger partial charge on any atom is -0.435 e. The summed E-state index contributed by atoms with van der Waals surface area (Å²) >= 11 is 0. The second-order valence-corrected chi connectivity index (χ2v) is 6.25. The molecule has 0 saturated carbocycles. The van der Waals surface area contributed by atoms with Crippen LogP contribution in [-0.2, 0) is 14.3 Å². The third-order valence-corrected chi connectivity index (χ3v) is 3.43. The van der Waals surface area contributed by atoms with Crippen molar-refractivity contribution in [1.29, 1.82) is 0 Å². The van der Waals surface area contributed by atoms with Crippen LogP contribution < -0.4 is 0 Å². The smallest absolute Gasteiger partial charge is 0.435 e. The van der Waals surface area contributed by atoms with Gasteiger partial charge in [0.1, 0.15) is 11.9 Å². The first-order valence-corrected chi connectivity index (χ1v) is 7.39. The van der Waals surface area contributed by atoms with Crippen LogP contribution in [0, 0.1) is 11.3 Å². The summed E-state index contributed by atoms with van der Waals surface area (Å²) in [5, 5.41) is 0. The van der Waals surface area contributed by atoms with Gasteiger partial charge < -0.3 is 9.47 Å². The van der Waals surface area contributed by atoms with Crippen LogP contribution in [0.2, 0.25) is 0 Å². The maximum atomic E-state index is 12.3. The van der Waals surface area contributed by atoms with Crippen molar-refractivity contribution < 1.29 is 19.1 Å². The Morgan fingerprint density at radius 1 is 1.25 bits per heavy atom. The molecule has 0 aliphatic heterocycles. The molecule has 4 heteroatoms. The van der Waals surface area contributed by atoms with Crippen molar-refractivity contribution in [3.63, 3.8) is 0 Å². The van der Waals surface area contributed by atoms with Gasteiger partial charge in [0.05, 0.1) is 6.61 Å². The van der Waals surface area contributed by atoms with E-state index in [1.54, 1.807) is 6.92 Å². The van der Waals surface area contributed by atoms with Gasteiger partial charge in [-0.15, -0.1) is 0 Å². The fraction of sp³-hybridized carbons (Fsp3) is 0.750. The summed E-state index contributed by atoms with van der Waals surface area (Å²) in [6, 6.07) is 0. The first-order valence-electron chi connectivity index (χ1n) is 7.39. The van der Waals surface area contributed by atoms with Gasteiger partial charge in [-0.05, 0) is 38.7 Å². The number of allylic oxidation sites excluding steroid dienone is 1. The quantitative estimate of drug-likeness (QED) is 0.582. The lowest BCUT2D eigenvalue weighted by atomic mass is 9.78. The number of Topliss-reactive ketones (excluding diaryl/α,β-unsaturated/α-hetero) is 1. The van der Waals surface area contributed by atoms with Crippen LogP contribution in [0.25, 0.3) is 0 Å². The molecule has 0 saturated heterocycles. The van der Waals surface area contributed by atoms with E-state index in [0.29, 0.717) is 12.4 Å². The SMILES string of the molecule is CCOC(=O)OC1/C=C/CC(C(=O)C(C)(C)C)CCC1. The first-order chi connectivity index (χ1) is 9.34. The highest BCUT2D eigenvalue weighted by Gasteiger charge is 2.29. The monoisotopic (exact) mass is 282 g/mol. The number of carbonyl (C=O) groups is 2. The van der Waals surface area contributed by atoms with Crippen LogP contribution in [0.1, 0.15) is 53.4 Å². The van der Waals surface area contributed by atoms with E-state index in [1.807, 2.05) is 32.9 Å². The average Bonchev–Trinajstić information content (AvgIpc) is 2.30. The molecule has 0 aromatic heterocycles. The number of carbonyl (C=O) groups excluding carboxylic acids is 2. The van der Waals surface area contributed by atoms with Crippen LogP contribution in [0.15, 0.2) is 12.2 Å². The third kappa shape index (κ3) is 5.35. The van der Waals surface area contributed by atoms with Crippen molar-refractivity contribution in [2.45, 2.75) is 59.5 Å². The molecule has 0 amide bonds. The second-order valence-electron chi connectivity index (χ2n) is 6.25. The van der Waals surface area contributed by atoms with E-state index in [9.17, 15) is 9.59 Å². The van der Waals surface area contributed by atoms with Crippen LogP contribution in [0.3, 0.4) is 0 Å². The van der Waals surface area contributed by atoms with Crippen molar-refractivity contribution in [2.24, 2.45) is 11.3 Å². The van der Waals surface area contributed by atoms with Crippen molar-refractivity contribution in [1.82, 2.24) is 0 Å². The fourth-order valence-electron chi connectivity index (χ4n) is 2.40. The molecule has 1 aliphatic carbocycles. The highest BCUT2D eigenvalue weighted by atomic mass is 16.7. The van der Waals surface area contributed by atoms with E-state index >= 15 is 0 Å². The summed E-state index contributed by atoms with van der Waals surface area (Å²) in [6.07, 6.45) is 6.16. The molecule has 0 N–H and O–H groups in total. The maximum absolute atomic E-state index is 12.3. The van der Waals surface area contributed by atoms with Crippen molar-refractivity contribution in [2.75, 3.05) is 6.61 Å². The molecule has 1 rings (SSSR count). The van der Waals surface area contributed by atoms with Gasteiger partial charge in [-0.3, -0.25) is 4.79 Å². The Hall–Kier alpha value is -1.32. The van der Waals surface area contributed by atoms with Gasteiger partial charge in [-0.1, -0.05) is 26.8 Å². The van der Waals surface area contributed by atoms with Gasteiger partial charge in [0, 0.05) is 11.3 Å². The van der Waals surface area contributed by atoms with Gasteiger partial charge in [0.2, 0.25) is 0 Å². The van der Waals surface area contributed by atoms with E-state index in [0.717, 1.165) is 25.7 Å². The Morgan fingerprint density at radius 2 is 1.95 bits per heavy atom. The summed E-state index contributed by atoms with van der Waals surface area (Å²) < 4.78 is 9.97. The molecule has 0 spiro atoms. The fourth-order valence-corrected chi connectivity index (χ4v) is 2.40. The second kappa shape index (κ2) is 7.46. The summed E-state index contributed by atoms with van der Waals surface area (Å²) in [5.74, 6) is 0.390. The van der Waals surface area contributed by atoms with Crippen LogP contribution in [0.5, 0.6) is 0 Å². The Bertz CT molecular complexity index is 365. The van der Waals surface area contributed by atoms with Crippen LogP contribution in [0.4, 0.5) is 4.79 Å². The average molecular weight is 282 g/mol. The van der Waals surface area contributed by atoms with Gasteiger partial charge in [-0.25, -0.2) is 4.79 Å². The molecule has 0 bridgehead atoms. The van der Waals surface area contributed by atoms with E-state index in [4.69, 9.17) is 9.47 Å². The Morgan fingerprint density at radius 3 is 2.55 bits per heavy atom. The normalized spacial score (nSPS) is 25.2. The van der Waals surface area contributed by atoms with E-state index < -0.39 is 6.16 Å². The lowest BCUT2D eigenvalue weighted by molar-refractivity contribution is -0.130. The molecule has 2 atom stereocenters. The van der Waals surface area contributed by atoms with Crippen molar-refractivity contribution >= 4 is 11.9 Å². The molecule has 114 valence electrons. The zero-order valence-corrected chi connectivity index (χ0v) is 13.0. The first kappa shape index (κ1) is 16.7. The highest BCUT2D eigenvalue weighted by molar-refractivity contribution is 5.86. The molecule has 0 radical (unpaired) electrons. The standard InChI is InChI=1S/C16H26O4/c1-5-19-15(18)20-13-10-6-8-12(9-7-11-13)14(17)16(2,3)4/h6,10,12-13H,5,7-9,11H2,1-4H3/b10-6+. The number of rotatable bonds is 3. The number of hydrogen-bond acceptors (Lipinski definition) is 4. The highest BCUT2D eigenvalue weighted by Crippen LogP contribution is 2.28. The number of ether oxygens (including phenoxy) is 2. The van der Waals surface area contributed by atoms with Gasteiger partial charge in [0.15, 0.2) is 0 Å². The molecular weight excluding hydrogens is 256 g/mol. The van der Waals surface area contributed by atoms with Crippen molar-refractivity contribution in [3.8, 4) is 0 Å². The summed E-state index contributed by atoms with van der Waals surface area (Å²) in [4.78, 5) is 23.6. The number of ketones is 1. The van der Waals surface area contributed by atoms with Crippen LogP contribution >= 0.6 is 0 Å². The van der Waals surface area contributed by atoms with Crippen molar-refractivity contribution in [3.05, 3.63) is 12.2 Å². The predicted octanol–water partition coefficient (Wildman–Crippen LogP) is 3.89. The number of hydrogen-bond donors (Lipinski definition) is 0. The van der Waals surface area contributed by atoms with E-state index in [2.05, 4.69) is 0 Å². The molecular formula is C16H26O4. The van der Waals surface area contributed by atoms with Crippen LogP contribution in [-0.4, -0.2) is 24.6 Å². The zero-order valence-electron chi connectivity index (χ0n) is 13.0. The predicted molar refractivity (Wildman–Crippen MR) is 77.5 cm³/mol. The minimum absolute atomic E-state index is 0.0785. The minimum atomic E-state index is -0.620. The molecule has 0 fully saturated rings. The molecule has 0 aromatic carbocycles. The zero-order chi connectivity index (χ0) is 15.2. The Balaban J connectivity index is 2.55.